The van der Waals surface area contributed by atoms with Crippen molar-refractivity contribution in [2.24, 2.45) is 0 Å². The van der Waals surface area contributed by atoms with E-state index in [4.69, 9.17) is 5.11 Å². The topological polar surface area (TPSA) is 32.3 Å². The summed E-state index contributed by atoms with van der Waals surface area (Å²) in [5.41, 5.74) is 0. The van der Waals surface area contributed by atoms with Crippen molar-refractivity contribution in [2.75, 3.05) is 13.1 Å². The van der Waals surface area contributed by atoms with Gasteiger partial charge in [-0.2, -0.15) is 0 Å². The summed E-state index contributed by atoms with van der Waals surface area (Å²) in [6.07, 6.45) is 0. The van der Waals surface area contributed by atoms with Gasteiger partial charge in [0.2, 0.25) is 4.38 Å². The van der Waals surface area contributed by atoms with E-state index in [9.17, 15) is 0 Å². The molecule has 0 spiro atoms. The van der Waals surface area contributed by atoms with E-state index in [2.05, 4.69) is 44.0 Å². The molecule has 0 radical (unpaired) electrons. The van der Waals surface area contributed by atoms with Gasteiger partial charge in [0.05, 0.1) is 0 Å². The molecule has 0 aliphatic carbocycles. The summed E-state index contributed by atoms with van der Waals surface area (Å²) in [6, 6.07) is 0. The second-order valence-corrected chi connectivity index (χ2v) is 2.35. The lowest BCUT2D eigenvalue weighted by Gasteiger charge is -1.86. The number of thiol groups is 1. The minimum absolute atomic E-state index is 0.306. The molecule has 0 fully saturated rings. The third-order valence-electron chi connectivity index (χ3n) is 0.500. The summed E-state index contributed by atoms with van der Waals surface area (Å²) < 4.78 is -0.306. The van der Waals surface area contributed by atoms with Crippen molar-refractivity contribution in [3.63, 3.8) is 0 Å². The van der Waals surface area contributed by atoms with Crippen molar-refractivity contribution in [1.82, 2.24) is 5.32 Å². The molecular weight excluding hydrogens is 154 g/mol. The first-order valence-corrected chi connectivity index (χ1v) is 3.63. The van der Waals surface area contributed by atoms with Crippen LogP contribution in [0.25, 0.3) is 0 Å². The molecule has 0 bridgehead atoms. The number of thiocarbonyl (C=S) groups is 1. The second kappa shape index (κ2) is 11.1. The molecule has 2 N–H and O–H groups in total. The van der Waals surface area contributed by atoms with Crippen LogP contribution in [0, 0.1) is 0 Å². The molecule has 0 aromatic heterocycles. The maximum atomic E-state index is 7.65. The Hall–Kier alpha value is 0.200. The van der Waals surface area contributed by atoms with Crippen molar-refractivity contribution >= 4 is 29.2 Å². The number of hydrogen-bond donors (Lipinski definition) is 3. The predicted octanol–water partition coefficient (Wildman–Crippen LogP) is 1.37. The molecule has 0 heterocycles. The van der Waals surface area contributed by atoms with Gasteiger partial charge in [-0.1, -0.05) is 26.5 Å². The van der Waals surface area contributed by atoms with Crippen LogP contribution in [0.2, 0.25) is 0 Å². The maximum Gasteiger partial charge on any atom is 0.214 e. The van der Waals surface area contributed by atoms with Crippen LogP contribution < -0.4 is 5.32 Å². The lowest BCUT2D eigenvalue weighted by molar-refractivity contribution is 0.586. The van der Waals surface area contributed by atoms with E-state index in [1.165, 1.54) is 0 Å². The number of nitrogens with one attached hydrogen (secondary N) is 1. The van der Waals surface area contributed by atoms with Crippen LogP contribution in [0.1, 0.15) is 13.8 Å². The zero-order valence-corrected chi connectivity index (χ0v) is 7.43. The summed E-state index contributed by atoms with van der Waals surface area (Å²) in [5.74, 6) is 0. The minimum Gasteiger partial charge on any atom is -0.494 e. The molecule has 9 heavy (non-hydrogen) atoms. The fraction of sp³-hybridized carbons (Fsp3) is 0.800. The zero-order valence-electron chi connectivity index (χ0n) is 5.72. The Morgan fingerprint density at radius 1 is 1.56 bits per heavy atom. The highest BCUT2D eigenvalue weighted by Crippen LogP contribution is 1.68. The van der Waals surface area contributed by atoms with Crippen LogP contribution in [0.4, 0.5) is 0 Å². The first-order valence-electron chi connectivity index (χ1n) is 2.77. The predicted molar refractivity (Wildman–Crippen MR) is 48.4 cm³/mol. The lowest BCUT2D eigenvalue weighted by atomic mass is 10.7. The van der Waals surface area contributed by atoms with Crippen molar-refractivity contribution < 1.29 is 5.11 Å². The van der Waals surface area contributed by atoms with Gasteiger partial charge in [0, 0.05) is 0 Å². The average molecular weight is 167 g/mol. The molecule has 0 saturated heterocycles. The zero-order chi connectivity index (χ0) is 7.70. The third kappa shape index (κ3) is 65.1. The molecule has 0 aliphatic heterocycles. The van der Waals surface area contributed by atoms with Gasteiger partial charge < -0.3 is 10.4 Å². The van der Waals surface area contributed by atoms with Gasteiger partial charge in [-0.05, 0) is 25.3 Å². The average Bonchev–Trinajstić information content (AvgIpc) is 1.66. The normalized spacial score (nSPS) is 7.44. The Morgan fingerprint density at radius 2 is 1.78 bits per heavy atom. The molecule has 0 saturated carbocycles. The Labute approximate surface area is 67.1 Å². The van der Waals surface area contributed by atoms with Crippen LogP contribution in [0.15, 0.2) is 0 Å². The van der Waals surface area contributed by atoms with Crippen LogP contribution in [-0.4, -0.2) is 22.6 Å². The maximum absolute atomic E-state index is 7.65. The fourth-order valence-electron chi connectivity index (χ4n) is 0.250. The number of aliphatic hydroxyl groups excluding tert-OH is 1. The Bertz CT molecular complexity index is 62.0. The van der Waals surface area contributed by atoms with Crippen LogP contribution >= 0.6 is 24.8 Å². The summed E-state index contributed by atoms with van der Waals surface area (Å²) in [5, 5.41) is 10.8. The molecule has 0 atom stereocenters. The molecule has 0 rings (SSSR count). The van der Waals surface area contributed by atoms with Crippen molar-refractivity contribution in [3.05, 3.63) is 0 Å². The largest absolute Gasteiger partial charge is 0.494 e. The number of hydrogen-bond acceptors (Lipinski definition) is 2. The summed E-state index contributed by atoms with van der Waals surface area (Å²) in [4.78, 5) is 0. The van der Waals surface area contributed by atoms with Gasteiger partial charge in [0.25, 0.3) is 0 Å². The second-order valence-electron chi connectivity index (χ2n) is 1.24. The Morgan fingerprint density at radius 3 is 1.78 bits per heavy atom. The van der Waals surface area contributed by atoms with Gasteiger partial charge in [0.1, 0.15) is 0 Å². The highest BCUT2D eigenvalue weighted by molar-refractivity contribution is 8.10. The highest BCUT2D eigenvalue weighted by Gasteiger charge is 1.62. The molecule has 0 aromatic rings. The van der Waals surface area contributed by atoms with E-state index in [1.54, 1.807) is 0 Å². The van der Waals surface area contributed by atoms with E-state index >= 15 is 0 Å². The molecule has 56 valence electrons. The third-order valence-corrected chi connectivity index (χ3v) is 0.500. The Kier molecular flexibility index (Phi) is 14.7. The van der Waals surface area contributed by atoms with Gasteiger partial charge in [-0.25, -0.2) is 0 Å². The Balaban J connectivity index is 0. The monoisotopic (exact) mass is 167 g/mol. The first-order chi connectivity index (χ1) is 4.15. The van der Waals surface area contributed by atoms with E-state index in [1.807, 2.05) is 0 Å². The van der Waals surface area contributed by atoms with Crippen LogP contribution in [0.5, 0.6) is 0 Å². The van der Waals surface area contributed by atoms with E-state index < -0.39 is 0 Å². The van der Waals surface area contributed by atoms with Gasteiger partial charge in [0.15, 0.2) is 0 Å². The SMILES string of the molecule is CCNCC.OC(=S)S. The van der Waals surface area contributed by atoms with E-state index in [0.29, 0.717) is 0 Å². The lowest BCUT2D eigenvalue weighted by Crippen LogP contribution is -2.09. The highest BCUT2D eigenvalue weighted by atomic mass is 32.1. The minimum atomic E-state index is -0.306. The molecule has 0 aliphatic rings. The summed E-state index contributed by atoms with van der Waals surface area (Å²) in [6.45, 7) is 6.39. The van der Waals surface area contributed by atoms with Crippen molar-refractivity contribution in [1.29, 1.82) is 0 Å². The van der Waals surface area contributed by atoms with E-state index in [-0.39, 0.29) is 4.38 Å². The summed E-state index contributed by atoms with van der Waals surface area (Å²) in [7, 11) is 0. The number of rotatable bonds is 2. The van der Waals surface area contributed by atoms with Crippen molar-refractivity contribution in [3.8, 4) is 0 Å². The van der Waals surface area contributed by atoms with Crippen LogP contribution in [-0.2, 0) is 0 Å². The van der Waals surface area contributed by atoms with Gasteiger partial charge in [-0.15, -0.1) is 0 Å². The fourth-order valence-corrected chi connectivity index (χ4v) is 0.250. The van der Waals surface area contributed by atoms with Gasteiger partial charge in [-0.3, -0.25) is 0 Å². The molecule has 0 unspecified atom stereocenters. The van der Waals surface area contributed by atoms with Crippen molar-refractivity contribution in [2.45, 2.75) is 13.8 Å². The quantitative estimate of drug-likeness (QED) is 0.429. The van der Waals surface area contributed by atoms with Crippen LogP contribution in [0.3, 0.4) is 0 Å². The molecule has 0 amide bonds. The smallest absolute Gasteiger partial charge is 0.214 e. The number of aliphatic hydroxyl groups is 1. The molecule has 0 aromatic carbocycles. The first kappa shape index (κ1) is 11.9. The van der Waals surface area contributed by atoms with Gasteiger partial charge >= 0.3 is 0 Å². The van der Waals surface area contributed by atoms with E-state index in [0.717, 1.165) is 13.1 Å². The molecular formula is C5H13NOS2. The molecule has 4 heteroatoms. The molecule has 2 nitrogen and oxygen atoms in total. The summed E-state index contributed by atoms with van der Waals surface area (Å²) >= 11 is 7.21. The standard InChI is InChI=1S/C4H11N.CH2OS2/c1-3-5-4-2;2-1(3)4/h5H,3-4H2,1-2H3;(H2,2,3,4).